The maximum Gasteiger partial charge on any atom is 0.251 e. The molecule has 6 heteroatoms. The van der Waals surface area contributed by atoms with Crippen LogP contribution in [0.4, 0.5) is 0 Å². The van der Waals surface area contributed by atoms with Gasteiger partial charge in [0.25, 0.3) is 5.56 Å². The van der Waals surface area contributed by atoms with Crippen LogP contribution in [-0.2, 0) is 24.3 Å². The smallest absolute Gasteiger partial charge is 0.251 e. The molecule has 0 N–H and O–H groups in total. The highest BCUT2D eigenvalue weighted by atomic mass is 79.9. The molecule has 0 saturated heterocycles. The summed E-state index contributed by atoms with van der Waals surface area (Å²) in [6.07, 6.45) is 2.29. The fourth-order valence-electron chi connectivity index (χ4n) is 3.43. The molecule has 0 radical (unpaired) electrons. The summed E-state index contributed by atoms with van der Waals surface area (Å²) in [5.41, 5.74) is 1.88. The zero-order chi connectivity index (χ0) is 21.5. The van der Waals surface area contributed by atoms with Gasteiger partial charge in [0.15, 0.2) is 0 Å². The lowest BCUT2D eigenvalue weighted by molar-refractivity contribution is -0.134. The maximum atomic E-state index is 13.3. The lowest BCUT2D eigenvalue weighted by Gasteiger charge is -2.30. The van der Waals surface area contributed by atoms with E-state index in [1.165, 1.54) is 10.6 Å². The van der Waals surface area contributed by atoms with Crippen LogP contribution in [0.1, 0.15) is 18.1 Å². The molecule has 1 aromatic heterocycles. The van der Waals surface area contributed by atoms with Crippen LogP contribution in [0.5, 0.6) is 5.75 Å². The molecule has 0 fully saturated rings. The van der Waals surface area contributed by atoms with Crippen LogP contribution in [0.15, 0.2) is 82.2 Å². The van der Waals surface area contributed by atoms with Crippen LogP contribution in [-0.4, -0.2) is 28.5 Å². The number of para-hydroxylation sites is 1. The van der Waals surface area contributed by atoms with Crippen molar-refractivity contribution in [3.05, 3.63) is 98.9 Å². The van der Waals surface area contributed by atoms with Crippen LogP contribution in [0.2, 0.25) is 0 Å². The summed E-state index contributed by atoms with van der Waals surface area (Å²) in [7, 11) is 1.65. The molecule has 1 amide bonds. The Kier molecular flexibility index (Phi) is 7.46. The van der Waals surface area contributed by atoms with Crippen molar-refractivity contribution in [3.63, 3.8) is 0 Å². The van der Waals surface area contributed by atoms with E-state index in [0.29, 0.717) is 13.0 Å². The molecule has 1 heterocycles. The highest BCUT2D eigenvalue weighted by Gasteiger charge is 2.22. The third-order valence-corrected chi connectivity index (χ3v) is 5.48. The van der Waals surface area contributed by atoms with Gasteiger partial charge in [-0.2, -0.15) is 0 Å². The van der Waals surface area contributed by atoms with E-state index in [1.807, 2.05) is 66.4 Å². The monoisotopic (exact) mass is 468 g/mol. The summed E-state index contributed by atoms with van der Waals surface area (Å²) in [4.78, 5) is 27.3. The lowest BCUT2D eigenvalue weighted by Crippen LogP contribution is -2.42. The number of halogens is 1. The quantitative estimate of drug-likeness (QED) is 0.495. The summed E-state index contributed by atoms with van der Waals surface area (Å²) in [5, 5.41) is 0. The predicted molar refractivity (Wildman–Crippen MR) is 122 cm³/mol. The lowest BCUT2D eigenvalue weighted by atomic mass is 10.0. The molecule has 30 heavy (non-hydrogen) atoms. The van der Waals surface area contributed by atoms with Crippen LogP contribution in [0.3, 0.4) is 0 Å². The van der Waals surface area contributed by atoms with Gasteiger partial charge >= 0.3 is 0 Å². The Hall–Kier alpha value is -2.86. The fraction of sp³-hybridized carbons (Fsp3) is 0.250. The van der Waals surface area contributed by atoms with E-state index in [0.717, 1.165) is 21.3 Å². The van der Waals surface area contributed by atoms with Gasteiger partial charge < -0.3 is 14.2 Å². The minimum Gasteiger partial charge on any atom is -0.496 e. The number of aromatic nitrogens is 1. The second-order valence-electron chi connectivity index (χ2n) is 7.19. The molecule has 156 valence electrons. The molecule has 0 aliphatic carbocycles. The number of hydrogen-bond acceptors (Lipinski definition) is 3. The van der Waals surface area contributed by atoms with Gasteiger partial charge in [-0.05, 0) is 52.5 Å². The van der Waals surface area contributed by atoms with E-state index >= 15 is 0 Å². The van der Waals surface area contributed by atoms with Gasteiger partial charge in [0, 0.05) is 29.3 Å². The minimum absolute atomic E-state index is 0.0125. The molecule has 0 bridgehead atoms. The molecule has 0 saturated carbocycles. The van der Waals surface area contributed by atoms with Crippen molar-refractivity contribution in [3.8, 4) is 5.75 Å². The average molecular weight is 469 g/mol. The van der Waals surface area contributed by atoms with Gasteiger partial charge in [-0.25, -0.2) is 0 Å². The second kappa shape index (κ2) is 10.3. The predicted octanol–water partition coefficient (Wildman–Crippen LogP) is 4.28. The van der Waals surface area contributed by atoms with Crippen LogP contribution in [0, 0.1) is 0 Å². The van der Waals surface area contributed by atoms with Crippen molar-refractivity contribution in [2.75, 3.05) is 7.11 Å². The van der Waals surface area contributed by atoms with Crippen molar-refractivity contribution in [2.24, 2.45) is 0 Å². The normalized spacial score (nSPS) is 11.7. The molecule has 0 aliphatic heterocycles. The van der Waals surface area contributed by atoms with E-state index in [4.69, 9.17) is 4.74 Å². The molecule has 1 atom stereocenters. The standard InChI is InChI=1S/C24H25BrN2O3/c1-18(14-20-10-6-7-11-22(20)30-2)27(15-19-8-4-3-5-9-19)24(29)17-26-16-21(25)12-13-23(26)28/h3-13,16,18H,14-15,17H2,1-2H3. The second-order valence-corrected chi connectivity index (χ2v) is 8.10. The molecule has 2 aromatic carbocycles. The molecular weight excluding hydrogens is 444 g/mol. The van der Waals surface area contributed by atoms with E-state index in [2.05, 4.69) is 15.9 Å². The Morgan fingerprint density at radius 2 is 1.77 bits per heavy atom. The Morgan fingerprint density at radius 3 is 2.50 bits per heavy atom. The summed E-state index contributed by atoms with van der Waals surface area (Å²) in [6, 6.07) is 20.8. The number of nitrogens with zero attached hydrogens (tertiary/aromatic N) is 2. The van der Waals surface area contributed by atoms with Gasteiger partial charge in [0.2, 0.25) is 5.91 Å². The molecule has 3 aromatic rings. The molecular formula is C24H25BrN2O3. The zero-order valence-corrected chi connectivity index (χ0v) is 18.7. The highest BCUT2D eigenvalue weighted by Crippen LogP contribution is 2.22. The number of rotatable bonds is 8. The van der Waals surface area contributed by atoms with E-state index < -0.39 is 0 Å². The zero-order valence-electron chi connectivity index (χ0n) is 17.1. The number of pyridine rings is 1. The Bertz CT molecular complexity index is 1050. The Morgan fingerprint density at radius 1 is 1.07 bits per heavy atom. The highest BCUT2D eigenvalue weighted by molar-refractivity contribution is 9.10. The first-order chi connectivity index (χ1) is 14.5. The number of carbonyl (C=O) groups is 1. The van der Waals surface area contributed by atoms with Crippen molar-refractivity contribution < 1.29 is 9.53 Å². The van der Waals surface area contributed by atoms with Gasteiger partial charge in [0.1, 0.15) is 12.3 Å². The number of carbonyl (C=O) groups excluding carboxylic acids is 1. The largest absolute Gasteiger partial charge is 0.496 e. The van der Waals surface area contributed by atoms with Crippen LogP contribution in [0.25, 0.3) is 0 Å². The van der Waals surface area contributed by atoms with E-state index in [1.54, 1.807) is 19.4 Å². The summed E-state index contributed by atoms with van der Waals surface area (Å²) < 4.78 is 7.66. The first-order valence-corrected chi connectivity index (χ1v) is 10.6. The molecule has 3 rings (SSSR count). The number of hydrogen-bond donors (Lipinski definition) is 0. The topological polar surface area (TPSA) is 51.5 Å². The maximum absolute atomic E-state index is 13.3. The third kappa shape index (κ3) is 5.60. The summed E-state index contributed by atoms with van der Waals surface area (Å²) in [5.74, 6) is 0.695. The molecule has 1 unspecified atom stereocenters. The Labute approximate surface area is 185 Å². The number of benzene rings is 2. The average Bonchev–Trinajstić information content (AvgIpc) is 2.75. The summed E-state index contributed by atoms with van der Waals surface area (Å²) >= 11 is 3.37. The van der Waals surface area contributed by atoms with Gasteiger partial charge in [-0.3, -0.25) is 9.59 Å². The van der Waals surface area contributed by atoms with Gasteiger partial charge in [0.05, 0.1) is 7.11 Å². The van der Waals surface area contributed by atoms with Crippen molar-refractivity contribution in [1.82, 2.24) is 9.47 Å². The number of ether oxygens (including phenoxy) is 1. The number of methoxy groups -OCH3 is 1. The summed E-state index contributed by atoms with van der Waals surface area (Å²) in [6.45, 7) is 2.48. The number of amides is 1. The third-order valence-electron chi connectivity index (χ3n) is 5.01. The Balaban J connectivity index is 1.86. The molecule has 0 spiro atoms. The van der Waals surface area contributed by atoms with Crippen molar-refractivity contribution in [1.29, 1.82) is 0 Å². The SMILES string of the molecule is COc1ccccc1CC(C)N(Cc1ccccc1)C(=O)Cn1cc(Br)ccc1=O. The molecule has 5 nitrogen and oxygen atoms in total. The first-order valence-electron chi connectivity index (χ1n) is 9.79. The fourth-order valence-corrected chi connectivity index (χ4v) is 3.81. The van der Waals surface area contributed by atoms with E-state index in [-0.39, 0.29) is 24.1 Å². The van der Waals surface area contributed by atoms with Crippen LogP contribution >= 0.6 is 15.9 Å². The van der Waals surface area contributed by atoms with Crippen LogP contribution < -0.4 is 10.3 Å². The molecule has 0 aliphatic rings. The van der Waals surface area contributed by atoms with Gasteiger partial charge in [-0.15, -0.1) is 0 Å². The van der Waals surface area contributed by atoms with Crippen molar-refractivity contribution >= 4 is 21.8 Å². The minimum atomic E-state index is -0.205. The first kappa shape index (κ1) is 21.8. The van der Waals surface area contributed by atoms with Gasteiger partial charge in [-0.1, -0.05) is 48.5 Å². The van der Waals surface area contributed by atoms with E-state index in [9.17, 15) is 9.59 Å². The van der Waals surface area contributed by atoms with Crippen molar-refractivity contribution in [2.45, 2.75) is 32.5 Å².